The van der Waals surface area contributed by atoms with Gasteiger partial charge in [0.05, 0.1) is 0 Å². The van der Waals surface area contributed by atoms with Crippen molar-refractivity contribution in [1.29, 1.82) is 0 Å². The van der Waals surface area contributed by atoms with Crippen LogP contribution in [0.1, 0.15) is 43.4 Å². The maximum Gasteiger partial charge on any atom is 0.0184 e. The maximum atomic E-state index is 3.66. The van der Waals surface area contributed by atoms with Crippen molar-refractivity contribution in [1.82, 2.24) is 0 Å². The molecule has 0 unspecified atom stereocenters. The molecule has 0 nitrogen and oxygen atoms in total. The summed E-state index contributed by atoms with van der Waals surface area (Å²) in [5.41, 5.74) is 8.39. The molecule has 0 heterocycles. The van der Waals surface area contributed by atoms with Crippen molar-refractivity contribution in [2.75, 3.05) is 0 Å². The van der Waals surface area contributed by atoms with E-state index < -0.39 is 0 Å². The summed E-state index contributed by atoms with van der Waals surface area (Å²) in [6.45, 7) is 4.46. The van der Waals surface area contributed by atoms with Gasteiger partial charge < -0.3 is 0 Å². The SMILES string of the molecule is CCCCc1ccc(-c2cc(Br)cc3c2C=C(C)C3)cc1. The smallest absolute Gasteiger partial charge is 0.0184 e. The van der Waals surface area contributed by atoms with E-state index in [0.717, 1.165) is 6.42 Å². The molecule has 2 aromatic rings. The third-order valence-electron chi connectivity index (χ3n) is 4.17. The van der Waals surface area contributed by atoms with Crippen molar-refractivity contribution in [3.63, 3.8) is 0 Å². The number of aryl methyl sites for hydroxylation is 1. The molecule has 108 valence electrons. The third-order valence-corrected chi connectivity index (χ3v) is 4.63. The number of rotatable bonds is 4. The van der Waals surface area contributed by atoms with Gasteiger partial charge in [-0.1, -0.05) is 65.2 Å². The first-order valence-electron chi connectivity index (χ1n) is 7.76. The van der Waals surface area contributed by atoms with Gasteiger partial charge in [-0.3, -0.25) is 0 Å². The second-order valence-corrected chi connectivity index (χ2v) is 6.91. The average Bonchev–Trinajstić information content (AvgIpc) is 2.85. The number of unbranched alkanes of at least 4 members (excludes halogenated alkanes) is 1. The van der Waals surface area contributed by atoms with Gasteiger partial charge in [0.15, 0.2) is 0 Å². The fraction of sp³-hybridized carbons (Fsp3) is 0.300. The van der Waals surface area contributed by atoms with Crippen molar-refractivity contribution >= 4 is 22.0 Å². The van der Waals surface area contributed by atoms with Crippen LogP contribution in [0, 0.1) is 0 Å². The number of allylic oxidation sites excluding steroid dienone is 1. The first-order chi connectivity index (χ1) is 10.2. The molecule has 1 aliphatic rings. The van der Waals surface area contributed by atoms with Crippen molar-refractivity contribution in [3.8, 4) is 11.1 Å². The van der Waals surface area contributed by atoms with Gasteiger partial charge in [-0.15, -0.1) is 0 Å². The van der Waals surface area contributed by atoms with Gasteiger partial charge in [-0.25, -0.2) is 0 Å². The first-order valence-corrected chi connectivity index (χ1v) is 8.55. The summed E-state index contributed by atoms with van der Waals surface area (Å²) in [7, 11) is 0. The Balaban J connectivity index is 1.97. The van der Waals surface area contributed by atoms with Gasteiger partial charge >= 0.3 is 0 Å². The molecule has 2 aromatic carbocycles. The summed E-state index contributed by atoms with van der Waals surface area (Å²) < 4.78 is 1.18. The Labute approximate surface area is 136 Å². The van der Waals surface area contributed by atoms with Crippen LogP contribution in [0.4, 0.5) is 0 Å². The van der Waals surface area contributed by atoms with Crippen LogP contribution in [0.15, 0.2) is 46.4 Å². The van der Waals surface area contributed by atoms with Crippen molar-refractivity contribution in [2.24, 2.45) is 0 Å². The predicted octanol–water partition coefficient (Wildman–Crippen LogP) is 6.42. The lowest BCUT2D eigenvalue weighted by atomic mass is 9.96. The molecule has 0 saturated carbocycles. The number of fused-ring (bicyclic) bond motifs is 1. The molecule has 0 bridgehead atoms. The lowest BCUT2D eigenvalue weighted by Gasteiger charge is -2.10. The number of hydrogen-bond acceptors (Lipinski definition) is 0. The second-order valence-electron chi connectivity index (χ2n) is 5.99. The van der Waals surface area contributed by atoms with Gasteiger partial charge in [0.25, 0.3) is 0 Å². The fourth-order valence-electron chi connectivity index (χ4n) is 3.06. The molecule has 1 aliphatic carbocycles. The predicted molar refractivity (Wildman–Crippen MR) is 95.5 cm³/mol. The molecular weight excluding hydrogens is 320 g/mol. The lowest BCUT2D eigenvalue weighted by molar-refractivity contribution is 0.795. The highest BCUT2D eigenvalue weighted by Gasteiger charge is 2.15. The number of hydrogen-bond donors (Lipinski definition) is 0. The van der Waals surface area contributed by atoms with Crippen LogP contribution in [-0.4, -0.2) is 0 Å². The summed E-state index contributed by atoms with van der Waals surface area (Å²) in [5.74, 6) is 0. The van der Waals surface area contributed by atoms with Crippen LogP contribution < -0.4 is 0 Å². The Morgan fingerprint density at radius 1 is 1.10 bits per heavy atom. The van der Waals surface area contributed by atoms with E-state index in [9.17, 15) is 0 Å². The van der Waals surface area contributed by atoms with Crippen LogP contribution in [0.2, 0.25) is 0 Å². The van der Waals surface area contributed by atoms with E-state index in [-0.39, 0.29) is 0 Å². The number of halogens is 1. The molecule has 0 radical (unpaired) electrons. The molecule has 0 amide bonds. The minimum absolute atomic E-state index is 1.08. The maximum absolute atomic E-state index is 3.66. The van der Waals surface area contributed by atoms with Gasteiger partial charge in [-0.05, 0) is 66.1 Å². The highest BCUT2D eigenvalue weighted by Crippen LogP contribution is 2.36. The quantitative estimate of drug-likeness (QED) is 0.602. The molecule has 3 rings (SSSR count). The summed E-state index contributed by atoms with van der Waals surface area (Å²) in [5, 5.41) is 0. The van der Waals surface area contributed by atoms with Crippen molar-refractivity contribution < 1.29 is 0 Å². The minimum Gasteiger partial charge on any atom is -0.0683 e. The van der Waals surface area contributed by atoms with Crippen LogP contribution in [0.25, 0.3) is 17.2 Å². The van der Waals surface area contributed by atoms with E-state index in [1.54, 1.807) is 0 Å². The van der Waals surface area contributed by atoms with Gasteiger partial charge in [-0.2, -0.15) is 0 Å². The Morgan fingerprint density at radius 2 is 1.86 bits per heavy atom. The Bertz CT molecular complexity index is 678. The van der Waals surface area contributed by atoms with Crippen molar-refractivity contribution in [2.45, 2.75) is 39.5 Å². The molecule has 0 fully saturated rings. The van der Waals surface area contributed by atoms with Crippen molar-refractivity contribution in [3.05, 3.63) is 63.1 Å². The van der Waals surface area contributed by atoms with Crippen LogP contribution in [-0.2, 0) is 12.8 Å². The summed E-state index contributed by atoms with van der Waals surface area (Å²) in [6.07, 6.45) is 7.13. The highest BCUT2D eigenvalue weighted by molar-refractivity contribution is 9.10. The summed E-state index contributed by atoms with van der Waals surface area (Å²) >= 11 is 3.66. The fourth-order valence-corrected chi connectivity index (χ4v) is 3.56. The van der Waals surface area contributed by atoms with E-state index in [4.69, 9.17) is 0 Å². The average molecular weight is 341 g/mol. The zero-order valence-corrected chi connectivity index (χ0v) is 14.3. The zero-order chi connectivity index (χ0) is 14.8. The topological polar surface area (TPSA) is 0 Å². The van der Waals surface area contributed by atoms with E-state index in [1.165, 1.54) is 57.1 Å². The normalized spacial score (nSPS) is 13.2. The standard InChI is InChI=1S/C20H21Br/c1-3-4-5-15-6-8-16(9-7-15)20-13-18(21)12-17-10-14(2)11-19(17)20/h6-9,11-13H,3-5,10H2,1-2H3. The first kappa shape index (κ1) is 14.6. The minimum atomic E-state index is 1.08. The molecular formula is C20H21Br. The largest absolute Gasteiger partial charge is 0.0683 e. The van der Waals surface area contributed by atoms with Gasteiger partial charge in [0.1, 0.15) is 0 Å². The number of benzene rings is 2. The zero-order valence-electron chi connectivity index (χ0n) is 12.7. The Morgan fingerprint density at radius 3 is 2.57 bits per heavy atom. The second kappa shape index (κ2) is 6.19. The van der Waals surface area contributed by atoms with Gasteiger partial charge in [0.2, 0.25) is 0 Å². The summed E-state index contributed by atoms with van der Waals surface area (Å²) in [4.78, 5) is 0. The molecule has 0 aliphatic heterocycles. The van der Waals surface area contributed by atoms with Crippen LogP contribution in [0.3, 0.4) is 0 Å². The third kappa shape index (κ3) is 3.13. The van der Waals surface area contributed by atoms with Gasteiger partial charge in [0, 0.05) is 4.47 Å². The van der Waals surface area contributed by atoms with E-state index in [1.807, 2.05) is 0 Å². The monoisotopic (exact) mass is 340 g/mol. The summed E-state index contributed by atoms with van der Waals surface area (Å²) in [6, 6.07) is 13.6. The molecule has 0 atom stereocenters. The molecule has 0 aromatic heterocycles. The van der Waals surface area contributed by atoms with E-state index in [2.05, 4.69) is 72.3 Å². The van der Waals surface area contributed by atoms with E-state index >= 15 is 0 Å². The molecule has 0 saturated heterocycles. The highest BCUT2D eigenvalue weighted by atomic mass is 79.9. The Kier molecular flexibility index (Phi) is 4.30. The molecule has 0 N–H and O–H groups in total. The van der Waals surface area contributed by atoms with Crippen LogP contribution in [0.5, 0.6) is 0 Å². The van der Waals surface area contributed by atoms with Crippen LogP contribution >= 0.6 is 15.9 Å². The lowest BCUT2D eigenvalue weighted by Crippen LogP contribution is -1.90. The molecule has 21 heavy (non-hydrogen) atoms. The van der Waals surface area contributed by atoms with E-state index in [0.29, 0.717) is 0 Å². The Hall–Kier alpha value is -1.34. The molecule has 0 spiro atoms. The molecule has 1 heteroatoms.